The molecule has 0 unspecified atom stereocenters. The fourth-order valence-corrected chi connectivity index (χ4v) is 1.33. The van der Waals surface area contributed by atoms with Crippen LogP contribution in [0.1, 0.15) is 0 Å². The molecule has 66 valence electrons. The van der Waals surface area contributed by atoms with Gasteiger partial charge in [-0.3, -0.25) is 4.98 Å². The summed E-state index contributed by atoms with van der Waals surface area (Å²) < 4.78 is 1.94. The molecule has 0 saturated heterocycles. The van der Waals surface area contributed by atoms with Crippen molar-refractivity contribution >= 4 is 5.82 Å². The van der Waals surface area contributed by atoms with E-state index in [2.05, 4.69) is 4.98 Å². The summed E-state index contributed by atoms with van der Waals surface area (Å²) in [5.74, 6) is 0.763. The van der Waals surface area contributed by atoms with Gasteiger partial charge >= 0.3 is 0 Å². The van der Waals surface area contributed by atoms with Gasteiger partial charge in [-0.15, -0.1) is 0 Å². The van der Waals surface area contributed by atoms with Crippen LogP contribution in [0.25, 0.3) is 11.3 Å². The molecule has 3 nitrogen and oxygen atoms in total. The predicted molar refractivity (Wildman–Crippen MR) is 53.1 cm³/mol. The summed E-state index contributed by atoms with van der Waals surface area (Å²) in [5.41, 5.74) is 7.89. The van der Waals surface area contributed by atoms with E-state index in [1.165, 1.54) is 0 Å². The maximum atomic E-state index is 5.72. The van der Waals surface area contributed by atoms with Crippen LogP contribution in [0, 0.1) is 0 Å². The molecule has 3 heteroatoms. The van der Waals surface area contributed by atoms with Gasteiger partial charge < -0.3 is 10.3 Å². The number of hydrogen-bond donors (Lipinski definition) is 1. The van der Waals surface area contributed by atoms with Gasteiger partial charge in [0.25, 0.3) is 0 Å². The Hall–Kier alpha value is -1.77. The third kappa shape index (κ3) is 1.28. The lowest BCUT2D eigenvalue weighted by atomic mass is 10.2. The van der Waals surface area contributed by atoms with E-state index >= 15 is 0 Å². The van der Waals surface area contributed by atoms with E-state index in [9.17, 15) is 0 Å². The summed E-state index contributed by atoms with van der Waals surface area (Å²) in [6.07, 6.45) is 3.59. The molecule has 0 spiro atoms. The third-order valence-corrected chi connectivity index (χ3v) is 2.12. The van der Waals surface area contributed by atoms with Crippen LogP contribution in [-0.4, -0.2) is 9.55 Å². The molecule has 0 bridgehead atoms. The highest BCUT2D eigenvalue weighted by molar-refractivity contribution is 5.62. The van der Waals surface area contributed by atoms with Gasteiger partial charge in [0, 0.05) is 25.0 Å². The molecule has 2 heterocycles. The maximum Gasteiger partial charge on any atom is 0.103 e. The van der Waals surface area contributed by atoms with Gasteiger partial charge in [-0.1, -0.05) is 0 Å². The average molecular weight is 173 g/mol. The zero-order valence-electron chi connectivity index (χ0n) is 7.44. The molecule has 0 radical (unpaired) electrons. The van der Waals surface area contributed by atoms with Crippen molar-refractivity contribution in [1.29, 1.82) is 0 Å². The first-order chi connectivity index (χ1) is 6.29. The van der Waals surface area contributed by atoms with Crippen molar-refractivity contribution in [3.8, 4) is 11.3 Å². The standard InChI is InChI=1S/C10H11N3/c1-13-9(4-5-10(13)11)8-3-2-6-12-7-8/h2-7H,11H2,1H3. The van der Waals surface area contributed by atoms with Gasteiger partial charge in [-0.25, -0.2) is 0 Å². The number of nitrogen functional groups attached to an aromatic ring is 1. The molecule has 2 rings (SSSR count). The molecule has 0 aromatic carbocycles. The van der Waals surface area contributed by atoms with Gasteiger partial charge in [0.2, 0.25) is 0 Å². The van der Waals surface area contributed by atoms with Crippen LogP contribution in [0.4, 0.5) is 5.82 Å². The maximum absolute atomic E-state index is 5.72. The molecule has 0 fully saturated rings. The van der Waals surface area contributed by atoms with Crippen molar-refractivity contribution < 1.29 is 0 Å². The minimum atomic E-state index is 0.763. The van der Waals surface area contributed by atoms with E-state index in [1.807, 2.05) is 42.1 Å². The highest BCUT2D eigenvalue weighted by Crippen LogP contribution is 2.20. The topological polar surface area (TPSA) is 43.8 Å². The van der Waals surface area contributed by atoms with E-state index in [4.69, 9.17) is 5.73 Å². The Balaban J connectivity index is 2.53. The smallest absolute Gasteiger partial charge is 0.103 e. The molecule has 0 amide bonds. The molecular weight excluding hydrogens is 162 g/mol. The first-order valence-corrected chi connectivity index (χ1v) is 4.10. The van der Waals surface area contributed by atoms with Crippen molar-refractivity contribution in [3.05, 3.63) is 36.7 Å². The fraction of sp³-hybridized carbons (Fsp3) is 0.100. The van der Waals surface area contributed by atoms with Gasteiger partial charge in [-0.05, 0) is 24.3 Å². The summed E-state index contributed by atoms with van der Waals surface area (Å²) in [6.45, 7) is 0. The van der Waals surface area contributed by atoms with Crippen molar-refractivity contribution in [1.82, 2.24) is 9.55 Å². The highest BCUT2D eigenvalue weighted by atomic mass is 15.0. The monoisotopic (exact) mass is 173 g/mol. The molecule has 2 aromatic rings. The van der Waals surface area contributed by atoms with E-state index in [-0.39, 0.29) is 0 Å². The Morgan fingerprint density at radius 3 is 2.69 bits per heavy atom. The van der Waals surface area contributed by atoms with Crippen molar-refractivity contribution in [2.45, 2.75) is 0 Å². The largest absolute Gasteiger partial charge is 0.385 e. The number of rotatable bonds is 1. The molecular formula is C10H11N3. The minimum Gasteiger partial charge on any atom is -0.385 e. The van der Waals surface area contributed by atoms with Crippen LogP contribution in [0.3, 0.4) is 0 Å². The number of aromatic nitrogens is 2. The second-order valence-corrected chi connectivity index (χ2v) is 2.94. The van der Waals surface area contributed by atoms with Crippen molar-refractivity contribution in [2.75, 3.05) is 5.73 Å². The summed E-state index contributed by atoms with van der Waals surface area (Å²) in [5, 5.41) is 0. The Bertz CT molecular complexity index is 403. The molecule has 0 saturated carbocycles. The second-order valence-electron chi connectivity index (χ2n) is 2.94. The minimum absolute atomic E-state index is 0.763. The first-order valence-electron chi connectivity index (χ1n) is 4.10. The van der Waals surface area contributed by atoms with Crippen LogP contribution in [-0.2, 0) is 7.05 Å². The van der Waals surface area contributed by atoms with E-state index < -0.39 is 0 Å². The molecule has 13 heavy (non-hydrogen) atoms. The number of pyridine rings is 1. The van der Waals surface area contributed by atoms with Gasteiger partial charge in [-0.2, -0.15) is 0 Å². The van der Waals surface area contributed by atoms with E-state index in [0.717, 1.165) is 17.1 Å². The summed E-state index contributed by atoms with van der Waals surface area (Å²) in [6, 6.07) is 7.81. The molecule has 0 atom stereocenters. The van der Waals surface area contributed by atoms with Crippen molar-refractivity contribution in [2.24, 2.45) is 7.05 Å². The Morgan fingerprint density at radius 2 is 2.15 bits per heavy atom. The Morgan fingerprint density at radius 1 is 1.31 bits per heavy atom. The highest BCUT2D eigenvalue weighted by Gasteiger charge is 2.02. The Labute approximate surface area is 76.8 Å². The van der Waals surface area contributed by atoms with Crippen LogP contribution in [0.2, 0.25) is 0 Å². The van der Waals surface area contributed by atoms with E-state index in [1.54, 1.807) is 6.20 Å². The molecule has 0 aliphatic heterocycles. The zero-order valence-corrected chi connectivity index (χ0v) is 7.44. The van der Waals surface area contributed by atoms with E-state index in [0.29, 0.717) is 0 Å². The van der Waals surface area contributed by atoms with Crippen LogP contribution >= 0.6 is 0 Å². The molecule has 2 N–H and O–H groups in total. The van der Waals surface area contributed by atoms with Gasteiger partial charge in [0.15, 0.2) is 0 Å². The average Bonchev–Trinajstić information content (AvgIpc) is 2.49. The van der Waals surface area contributed by atoms with Gasteiger partial charge in [0.1, 0.15) is 5.82 Å². The predicted octanol–water partition coefficient (Wildman–Crippen LogP) is 1.67. The lowest BCUT2D eigenvalue weighted by Gasteiger charge is -2.03. The summed E-state index contributed by atoms with van der Waals surface area (Å²) >= 11 is 0. The molecule has 2 aromatic heterocycles. The lowest BCUT2D eigenvalue weighted by molar-refractivity contribution is 0.949. The number of anilines is 1. The third-order valence-electron chi connectivity index (χ3n) is 2.12. The number of nitrogens with two attached hydrogens (primary N) is 1. The SMILES string of the molecule is Cn1c(N)ccc1-c1cccnc1. The number of nitrogens with zero attached hydrogens (tertiary/aromatic N) is 2. The van der Waals surface area contributed by atoms with Crippen molar-refractivity contribution in [3.63, 3.8) is 0 Å². The quantitative estimate of drug-likeness (QED) is 0.712. The number of hydrogen-bond acceptors (Lipinski definition) is 2. The normalized spacial score (nSPS) is 10.2. The lowest BCUT2D eigenvalue weighted by Crippen LogP contribution is -1.97. The first kappa shape index (κ1) is 7.86. The fourth-order valence-electron chi connectivity index (χ4n) is 1.33. The van der Waals surface area contributed by atoms with Crippen LogP contribution < -0.4 is 5.73 Å². The van der Waals surface area contributed by atoms with Crippen LogP contribution in [0.5, 0.6) is 0 Å². The second kappa shape index (κ2) is 2.94. The van der Waals surface area contributed by atoms with Gasteiger partial charge in [0.05, 0.1) is 5.69 Å². The zero-order chi connectivity index (χ0) is 9.26. The van der Waals surface area contributed by atoms with Crippen LogP contribution in [0.15, 0.2) is 36.7 Å². The molecule has 0 aliphatic rings. The summed E-state index contributed by atoms with van der Waals surface area (Å²) in [7, 11) is 1.94. The summed E-state index contributed by atoms with van der Waals surface area (Å²) in [4.78, 5) is 4.06. The molecule has 0 aliphatic carbocycles. The Kier molecular flexibility index (Phi) is 1.77.